The van der Waals surface area contributed by atoms with Gasteiger partial charge in [0.2, 0.25) is 0 Å². The molecule has 0 aliphatic heterocycles. The molecule has 0 unspecified atom stereocenters. The molecule has 6 heteroatoms. The molecule has 0 fully saturated rings. The van der Waals surface area contributed by atoms with E-state index in [1.54, 1.807) is 14.2 Å². The maximum Gasteiger partial charge on any atom is 0.191 e. The monoisotopic (exact) mass is 463 g/mol. The highest BCUT2D eigenvalue weighted by Gasteiger charge is 2.09. The van der Waals surface area contributed by atoms with Crippen molar-refractivity contribution in [3.05, 3.63) is 23.8 Å². The van der Waals surface area contributed by atoms with Crippen LogP contribution in [0.4, 0.5) is 0 Å². The van der Waals surface area contributed by atoms with Crippen LogP contribution in [0.2, 0.25) is 0 Å². The molecule has 1 aromatic rings. The summed E-state index contributed by atoms with van der Waals surface area (Å²) in [6, 6.07) is 6.02. The van der Waals surface area contributed by atoms with Gasteiger partial charge in [0.05, 0.1) is 14.2 Å². The second-order valence-electron chi connectivity index (χ2n) is 6.94. The van der Waals surface area contributed by atoms with Crippen molar-refractivity contribution < 1.29 is 9.47 Å². The van der Waals surface area contributed by atoms with Gasteiger partial charge in [-0.25, -0.2) is 0 Å². The summed E-state index contributed by atoms with van der Waals surface area (Å²) in [4.78, 5) is 4.64. The first kappa shape index (κ1) is 23.8. The average Bonchev–Trinajstić information content (AvgIpc) is 2.53. The molecule has 0 aromatic heterocycles. The van der Waals surface area contributed by atoms with Crippen LogP contribution >= 0.6 is 24.0 Å². The van der Waals surface area contributed by atoms with Crippen LogP contribution in [0.1, 0.15) is 39.7 Å². The molecule has 25 heavy (non-hydrogen) atoms. The highest BCUT2D eigenvalue weighted by atomic mass is 127. The fourth-order valence-electron chi connectivity index (χ4n) is 2.21. The SMILES string of the molecule is CCNC(=NCCC(C)(C)C)NCCc1ccc(OC)c(OC)c1.I. The standard InChI is InChI=1S/C19H33N3O2.HI/c1-7-20-18(22-13-11-19(2,3)4)21-12-10-15-8-9-16(23-5)17(14-15)24-6;/h8-9,14H,7,10-13H2,1-6H3,(H2,20,21,22);1H. The fraction of sp³-hybridized carbons (Fsp3) is 0.632. The van der Waals surface area contributed by atoms with E-state index in [0.717, 1.165) is 49.9 Å². The fourth-order valence-corrected chi connectivity index (χ4v) is 2.21. The van der Waals surface area contributed by atoms with Gasteiger partial charge in [-0.1, -0.05) is 26.8 Å². The third-order valence-electron chi connectivity index (χ3n) is 3.63. The Hall–Kier alpha value is -1.18. The molecule has 0 saturated carbocycles. The third kappa shape index (κ3) is 9.77. The lowest BCUT2D eigenvalue weighted by Crippen LogP contribution is -2.38. The molecule has 144 valence electrons. The molecule has 0 aliphatic rings. The lowest BCUT2D eigenvalue weighted by Gasteiger charge is -2.17. The van der Waals surface area contributed by atoms with Crippen molar-refractivity contribution >= 4 is 29.9 Å². The Balaban J connectivity index is 0.00000576. The smallest absolute Gasteiger partial charge is 0.191 e. The first-order valence-electron chi connectivity index (χ1n) is 8.62. The molecule has 0 atom stereocenters. The molecule has 0 saturated heterocycles. The summed E-state index contributed by atoms with van der Waals surface area (Å²) in [6.45, 7) is 11.3. The Morgan fingerprint density at radius 3 is 2.32 bits per heavy atom. The molecule has 1 rings (SSSR count). The number of aliphatic imine (C=N–C) groups is 1. The quantitative estimate of drug-likeness (QED) is 0.349. The Labute approximate surface area is 170 Å². The van der Waals surface area contributed by atoms with Crippen LogP contribution in [0.3, 0.4) is 0 Å². The highest BCUT2D eigenvalue weighted by molar-refractivity contribution is 14.0. The lowest BCUT2D eigenvalue weighted by atomic mass is 9.93. The normalized spacial score (nSPS) is 11.5. The second kappa shape index (κ2) is 12.2. The van der Waals surface area contributed by atoms with Gasteiger partial charge in [-0.3, -0.25) is 4.99 Å². The maximum atomic E-state index is 5.35. The number of nitrogens with one attached hydrogen (secondary N) is 2. The van der Waals surface area contributed by atoms with Crippen molar-refractivity contribution in [3.8, 4) is 11.5 Å². The molecule has 0 radical (unpaired) electrons. The molecule has 0 bridgehead atoms. The summed E-state index contributed by atoms with van der Waals surface area (Å²) in [5.41, 5.74) is 1.51. The van der Waals surface area contributed by atoms with Gasteiger partial charge < -0.3 is 20.1 Å². The number of rotatable bonds is 8. The predicted molar refractivity (Wildman–Crippen MR) is 117 cm³/mol. The van der Waals surface area contributed by atoms with Crippen molar-refractivity contribution in [3.63, 3.8) is 0 Å². The molecular weight excluding hydrogens is 429 g/mol. The summed E-state index contributed by atoms with van der Waals surface area (Å²) < 4.78 is 10.6. The van der Waals surface area contributed by atoms with Gasteiger partial charge in [-0.05, 0) is 42.9 Å². The van der Waals surface area contributed by atoms with Crippen molar-refractivity contribution in [1.82, 2.24) is 10.6 Å². The molecule has 0 spiro atoms. The van der Waals surface area contributed by atoms with E-state index in [1.807, 2.05) is 12.1 Å². The minimum Gasteiger partial charge on any atom is -0.493 e. The molecule has 5 nitrogen and oxygen atoms in total. The van der Waals surface area contributed by atoms with Crippen molar-refractivity contribution in [2.45, 2.75) is 40.5 Å². The summed E-state index contributed by atoms with van der Waals surface area (Å²) in [7, 11) is 3.31. The van der Waals surface area contributed by atoms with Gasteiger partial charge in [0.15, 0.2) is 17.5 Å². The summed E-state index contributed by atoms with van der Waals surface area (Å²) in [5.74, 6) is 2.40. The van der Waals surface area contributed by atoms with Crippen LogP contribution in [0.25, 0.3) is 0 Å². The number of benzene rings is 1. The van der Waals surface area contributed by atoms with Crippen molar-refractivity contribution in [2.75, 3.05) is 33.9 Å². The zero-order valence-corrected chi connectivity index (χ0v) is 18.8. The van der Waals surface area contributed by atoms with E-state index in [-0.39, 0.29) is 24.0 Å². The first-order chi connectivity index (χ1) is 11.4. The number of halogens is 1. The van der Waals surface area contributed by atoms with E-state index >= 15 is 0 Å². The summed E-state index contributed by atoms with van der Waals surface area (Å²) >= 11 is 0. The highest BCUT2D eigenvalue weighted by Crippen LogP contribution is 2.27. The van der Waals surface area contributed by atoms with Gasteiger partial charge in [0.1, 0.15) is 0 Å². The van der Waals surface area contributed by atoms with E-state index in [2.05, 4.69) is 49.4 Å². The Morgan fingerprint density at radius 2 is 1.76 bits per heavy atom. The Morgan fingerprint density at radius 1 is 1.08 bits per heavy atom. The van der Waals surface area contributed by atoms with Crippen LogP contribution in [0, 0.1) is 5.41 Å². The number of nitrogens with zero attached hydrogens (tertiary/aromatic N) is 1. The molecule has 0 heterocycles. The van der Waals surface area contributed by atoms with Crippen LogP contribution in [0.15, 0.2) is 23.2 Å². The Bertz CT molecular complexity index is 528. The lowest BCUT2D eigenvalue weighted by molar-refractivity contribution is 0.354. The topological polar surface area (TPSA) is 54.9 Å². The van der Waals surface area contributed by atoms with E-state index in [0.29, 0.717) is 5.41 Å². The van der Waals surface area contributed by atoms with Crippen LogP contribution in [0.5, 0.6) is 11.5 Å². The summed E-state index contributed by atoms with van der Waals surface area (Å²) in [5, 5.41) is 6.68. The summed E-state index contributed by atoms with van der Waals surface area (Å²) in [6.07, 6.45) is 1.96. The molecule has 1 aromatic carbocycles. The van der Waals surface area contributed by atoms with Gasteiger partial charge in [-0.2, -0.15) is 0 Å². The number of ether oxygens (including phenoxy) is 2. The zero-order valence-electron chi connectivity index (χ0n) is 16.4. The molecule has 0 aliphatic carbocycles. The van der Waals surface area contributed by atoms with Crippen LogP contribution in [-0.2, 0) is 6.42 Å². The van der Waals surface area contributed by atoms with Gasteiger partial charge in [-0.15, -0.1) is 24.0 Å². The minimum absolute atomic E-state index is 0. The van der Waals surface area contributed by atoms with E-state index in [9.17, 15) is 0 Å². The second-order valence-corrected chi connectivity index (χ2v) is 6.94. The number of guanidine groups is 1. The van der Waals surface area contributed by atoms with Crippen molar-refractivity contribution in [2.24, 2.45) is 10.4 Å². The van der Waals surface area contributed by atoms with Gasteiger partial charge >= 0.3 is 0 Å². The number of methoxy groups -OCH3 is 2. The van der Waals surface area contributed by atoms with Crippen molar-refractivity contribution in [1.29, 1.82) is 0 Å². The first-order valence-corrected chi connectivity index (χ1v) is 8.62. The van der Waals surface area contributed by atoms with E-state index < -0.39 is 0 Å². The maximum absolute atomic E-state index is 5.35. The average molecular weight is 463 g/mol. The molecule has 2 N–H and O–H groups in total. The van der Waals surface area contributed by atoms with Gasteiger partial charge in [0.25, 0.3) is 0 Å². The minimum atomic E-state index is 0. The van der Waals surface area contributed by atoms with Crippen LogP contribution < -0.4 is 20.1 Å². The number of hydrogen-bond donors (Lipinski definition) is 2. The molecule has 0 amide bonds. The predicted octanol–water partition coefficient (Wildman–Crippen LogP) is 3.86. The van der Waals surface area contributed by atoms with Crippen LogP contribution in [-0.4, -0.2) is 39.8 Å². The Kier molecular flexibility index (Phi) is 11.6. The third-order valence-corrected chi connectivity index (χ3v) is 3.63. The molecular formula is C19H34IN3O2. The van der Waals surface area contributed by atoms with E-state index in [4.69, 9.17) is 9.47 Å². The zero-order chi connectivity index (χ0) is 18.0. The number of hydrogen-bond acceptors (Lipinski definition) is 3. The van der Waals surface area contributed by atoms with E-state index in [1.165, 1.54) is 5.56 Å². The van der Waals surface area contributed by atoms with Gasteiger partial charge in [0, 0.05) is 19.6 Å². The largest absolute Gasteiger partial charge is 0.493 e.